The maximum absolute atomic E-state index is 9.39. The summed E-state index contributed by atoms with van der Waals surface area (Å²) in [7, 11) is 0. The summed E-state index contributed by atoms with van der Waals surface area (Å²) in [6, 6.07) is 16.7. The van der Waals surface area contributed by atoms with Crippen LogP contribution in [-0.4, -0.2) is 12.6 Å². The number of carbonyl (C=O) groups excluding carboxylic acids is 1. The normalized spacial score (nSPS) is 9.44. The third-order valence-corrected chi connectivity index (χ3v) is 1.99. The fourth-order valence-corrected chi connectivity index (χ4v) is 1.24. The Hall–Kier alpha value is -1.83. The smallest absolute Gasteiger partial charge is 0.293 e. The van der Waals surface area contributed by atoms with Gasteiger partial charge in [-0.1, -0.05) is 48.5 Å². The Morgan fingerprint density at radius 2 is 1.31 bits per heavy atom. The molecule has 0 aliphatic carbocycles. The third kappa shape index (κ3) is 4.13. The SMILES string of the molecule is CC(C)OC=O.c1ccc2ccccc2c1. The molecule has 0 fully saturated rings. The highest BCUT2D eigenvalue weighted by Gasteiger charge is 1.85. The van der Waals surface area contributed by atoms with Crippen molar-refractivity contribution in [1.82, 2.24) is 0 Å². The fourth-order valence-electron chi connectivity index (χ4n) is 1.24. The van der Waals surface area contributed by atoms with E-state index in [1.54, 1.807) is 13.8 Å². The first kappa shape index (κ1) is 12.2. The van der Waals surface area contributed by atoms with Crippen molar-refractivity contribution < 1.29 is 9.53 Å². The fraction of sp³-hybridized carbons (Fsp3) is 0.214. The Labute approximate surface area is 95.9 Å². The molecule has 0 amide bonds. The van der Waals surface area contributed by atoms with Crippen LogP contribution in [0.5, 0.6) is 0 Å². The Morgan fingerprint density at radius 1 is 0.938 bits per heavy atom. The standard InChI is InChI=1S/C10H8.C4H8O2/c1-2-6-10-8-4-3-7-9(10)5-1;1-4(2)6-3-5/h1-8H;3-4H,1-2H3. The van der Waals surface area contributed by atoms with E-state index in [9.17, 15) is 4.79 Å². The zero-order valence-corrected chi connectivity index (χ0v) is 9.59. The van der Waals surface area contributed by atoms with Gasteiger partial charge in [0.15, 0.2) is 0 Å². The molecule has 0 radical (unpaired) electrons. The molecule has 0 atom stereocenters. The number of hydrogen-bond acceptors (Lipinski definition) is 2. The molecule has 0 saturated carbocycles. The molecule has 2 aromatic rings. The maximum Gasteiger partial charge on any atom is 0.293 e. The van der Waals surface area contributed by atoms with E-state index in [0.717, 1.165) is 0 Å². The zero-order chi connectivity index (χ0) is 11.8. The number of rotatable bonds is 2. The van der Waals surface area contributed by atoms with E-state index >= 15 is 0 Å². The minimum absolute atomic E-state index is 0.0301. The molecule has 2 aromatic carbocycles. The third-order valence-electron chi connectivity index (χ3n) is 1.99. The van der Waals surface area contributed by atoms with Crippen LogP contribution in [0, 0.1) is 0 Å². The topological polar surface area (TPSA) is 26.3 Å². The first-order valence-corrected chi connectivity index (χ1v) is 5.27. The molecule has 0 heterocycles. The highest BCUT2D eigenvalue weighted by molar-refractivity contribution is 5.81. The van der Waals surface area contributed by atoms with Crippen LogP contribution < -0.4 is 0 Å². The zero-order valence-electron chi connectivity index (χ0n) is 9.59. The van der Waals surface area contributed by atoms with Gasteiger partial charge in [-0.2, -0.15) is 0 Å². The van der Waals surface area contributed by atoms with Crippen LogP contribution in [0.15, 0.2) is 48.5 Å². The van der Waals surface area contributed by atoms with Crippen molar-refractivity contribution in [3.8, 4) is 0 Å². The van der Waals surface area contributed by atoms with E-state index in [-0.39, 0.29) is 6.10 Å². The number of ether oxygens (including phenoxy) is 1. The van der Waals surface area contributed by atoms with Crippen molar-refractivity contribution in [1.29, 1.82) is 0 Å². The van der Waals surface area contributed by atoms with Crippen LogP contribution in [0.25, 0.3) is 10.8 Å². The van der Waals surface area contributed by atoms with Crippen molar-refractivity contribution in [2.24, 2.45) is 0 Å². The molecule has 0 unspecified atom stereocenters. The quantitative estimate of drug-likeness (QED) is 0.719. The van der Waals surface area contributed by atoms with Crippen LogP contribution in [0.4, 0.5) is 0 Å². The average Bonchev–Trinajstić information content (AvgIpc) is 2.30. The Morgan fingerprint density at radius 3 is 1.50 bits per heavy atom. The first-order valence-electron chi connectivity index (χ1n) is 5.27. The lowest BCUT2D eigenvalue weighted by Crippen LogP contribution is -1.98. The van der Waals surface area contributed by atoms with Gasteiger partial charge in [0.2, 0.25) is 0 Å². The predicted molar refractivity (Wildman–Crippen MR) is 66.2 cm³/mol. The molecule has 2 nitrogen and oxygen atoms in total. The van der Waals surface area contributed by atoms with Gasteiger partial charge in [-0.15, -0.1) is 0 Å². The Bertz CT molecular complexity index is 370. The van der Waals surface area contributed by atoms with E-state index in [2.05, 4.69) is 53.3 Å². The van der Waals surface area contributed by atoms with E-state index in [0.29, 0.717) is 6.47 Å². The number of hydrogen-bond donors (Lipinski definition) is 0. The minimum atomic E-state index is 0.0301. The van der Waals surface area contributed by atoms with Crippen LogP contribution in [0.3, 0.4) is 0 Å². The van der Waals surface area contributed by atoms with Gasteiger partial charge in [-0.05, 0) is 24.6 Å². The van der Waals surface area contributed by atoms with E-state index in [1.165, 1.54) is 10.8 Å². The lowest BCUT2D eigenvalue weighted by molar-refractivity contribution is -0.131. The van der Waals surface area contributed by atoms with E-state index < -0.39 is 0 Å². The molecule has 0 bridgehead atoms. The van der Waals surface area contributed by atoms with Gasteiger partial charge in [0.05, 0.1) is 6.10 Å². The molecule has 0 aromatic heterocycles. The van der Waals surface area contributed by atoms with Crippen LogP contribution in [0.1, 0.15) is 13.8 Å². The van der Waals surface area contributed by atoms with E-state index in [4.69, 9.17) is 0 Å². The summed E-state index contributed by atoms with van der Waals surface area (Å²) in [5.41, 5.74) is 0. The van der Waals surface area contributed by atoms with Crippen LogP contribution in [0.2, 0.25) is 0 Å². The summed E-state index contributed by atoms with van der Waals surface area (Å²) in [5.74, 6) is 0. The monoisotopic (exact) mass is 216 g/mol. The summed E-state index contributed by atoms with van der Waals surface area (Å²) in [4.78, 5) is 9.39. The van der Waals surface area contributed by atoms with Gasteiger partial charge >= 0.3 is 0 Å². The number of fused-ring (bicyclic) bond motifs is 1. The molecular weight excluding hydrogens is 200 g/mol. The molecule has 16 heavy (non-hydrogen) atoms. The number of benzene rings is 2. The highest BCUT2D eigenvalue weighted by Crippen LogP contribution is 2.11. The lowest BCUT2D eigenvalue weighted by atomic mass is 10.1. The van der Waals surface area contributed by atoms with Crippen molar-refractivity contribution in [2.75, 3.05) is 0 Å². The molecule has 0 spiro atoms. The van der Waals surface area contributed by atoms with Gasteiger partial charge in [-0.3, -0.25) is 4.79 Å². The second-order valence-electron chi connectivity index (χ2n) is 3.63. The highest BCUT2D eigenvalue weighted by atomic mass is 16.5. The summed E-state index contributed by atoms with van der Waals surface area (Å²) < 4.78 is 4.36. The first-order chi connectivity index (χ1) is 7.74. The lowest BCUT2D eigenvalue weighted by Gasteiger charge is -1.96. The molecular formula is C14H16O2. The molecule has 0 aliphatic rings. The van der Waals surface area contributed by atoms with Crippen molar-refractivity contribution in [3.63, 3.8) is 0 Å². The van der Waals surface area contributed by atoms with Crippen molar-refractivity contribution in [3.05, 3.63) is 48.5 Å². The van der Waals surface area contributed by atoms with E-state index in [1.807, 2.05) is 0 Å². The summed E-state index contributed by atoms with van der Waals surface area (Å²) in [5, 5.41) is 2.62. The summed E-state index contributed by atoms with van der Waals surface area (Å²) >= 11 is 0. The van der Waals surface area contributed by atoms with Crippen molar-refractivity contribution in [2.45, 2.75) is 20.0 Å². The summed E-state index contributed by atoms with van der Waals surface area (Å²) in [6.45, 7) is 4.05. The van der Waals surface area contributed by atoms with Gasteiger partial charge in [0.1, 0.15) is 0 Å². The Balaban J connectivity index is 0.000000187. The van der Waals surface area contributed by atoms with Crippen LogP contribution >= 0.6 is 0 Å². The molecule has 84 valence electrons. The van der Waals surface area contributed by atoms with Gasteiger partial charge in [-0.25, -0.2) is 0 Å². The summed E-state index contributed by atoms with van der Waals surface area (Å²) in [6.07, 6.45) is 0.0301. The largest absolute Gasteiger partial charge is 0.465 e. The van der Waals surface area contributed by atoms with Gasteiger partial charge in [0.25, 0.3) is 6.47 Å². The van der Waals surface area contributed by atoms with Gasteiger partial charge in [0, 0.05) is 0 Å². The Kier molecular flexibility index (Phi) is 5.06. The molecule has 0 aliphatic heterocycles. The average molecular weight is 216 g/mol. The molecule has 2 rings (SSSR count). The second kappa shape index (κ2) is 6.62. The predicted octanol–water partition coefficient (Wildman–Crippen LogP) is 3.41. The molecule has 0 N–H and O–H groups in total. The second-order valence-corrected chi connectivity index (χ2v) is 3.63. The van der Waals surface area contributed by atoms with Gasteiger partial charge < -0.3 is 4.74 Å². The van der Waals surface area contributed by atoms with Crippen molar-refractivity contribution >= 4 is 17.2 Å². The number of carbonyl (C=O) groups is 1. The molecule has 2 heteroatoms. The maximum atomic E-state index is 9.39. The minimum Gasteiger partial charge on any atom is -0.465 e. The van der Waals surface area contributed by atoms with Crippen LogP contribution in [-0.2, 0) is 9.53 Å². The molecule has 0 saturated heterocycles.